The molecule has 1 saturated carbocycles. The molecular weight excluding hydrogens is 439 g/mol. The minimum atomic E-state index is 0. The highest BCUT2D eigenvalue weighted by Gasteiger charge is 2.19. The zero-order valence-corrected chi connectivity index (χ0v) is 18.1. The second kappa shape index (κ2) is 10.7. The Labute approximate surface area is 173 Å². The normalized spacial score (nSPS) is 20.6. The molecule has 2 aromatic heterocycles. The molecule has 2 heterocycles. The van der Waals surface area contributed by atoms with Gasteiger partial charge in [-0.05, 0) is 43.7 Å². The lowest BCUT2D eigenvalue weighted by atomic mass is 9.81. The van der Waals surface area contributed by atoms with Crippen molar-refractivity contribution in [3.63, 3.8) is 0 Å². The van der Waals surface area contributed by atoms with Crippen LogP contribution in [0.25, 0.3) is 5.65 Å². The predicted molar refractivity (Wildman–Crippen MR) is 117 cm³/mol. The molecule has 0 saturated heterocycles. The van der Waals surface area contributed by atoms with Gasteiger partial charge in [0.15, 0.2) is 17.4 Å². The van der Waals surface area contributed by atoms with E-state index in [1.54, 1.807) is 0 Å². The maximum absolute atomic E-state index is 4.69. The van der Waals surface area contributed by atoms with E-state index < -0.39 is 0 Å². The number of nitrogens with one attached hydrogen (secondary N) is 2. The Balaban J connectivity index is 0.00000243. The van der Waals surface area contributed by atoms with Crippen LogP contribution >= 0.6 is 24.0 Å². The smallest absolute Gasteiger partial charge is 0.191 e. The molecule has 3 rings (SSSR count). The fourth-order valence-electron chi connectivity index (χ4n) is 3.58. The van der Waals surface area contributed by atoms with E-state index in [1.807, 2.05) is 28.8 Å². The average molecular weight is 470 g/mol. The van der Waals surface area contributed by atoms with Crippen molar-refractivity contribution in [3.05, 3.63) is 30.2 Å². The molecule has 1 aliphatic rings. The largest absolute Gasteiger partial charge is 0.357 e. The highest BCUT2D eigenvalue weighted by molar-refractivity contribution is 14.0. The monoisotopic (exact) mass is 470 g/mol. The van der Waals surface area contributed by atoms with Gasteiger partial charge in [-0.3, -0.25) is 4.40 Å². The second-order valence-electron chi connectivity index (χ2n) is 6.92. The molecule has 0 aliphatic heterocycles. The van der Waals surface area contributed by atoms with E-state index in [2.05, 4.69) is 34.7 Å². The zero-order chi connectivity index (χ0) is 17.5. The molecule has 0 spiro atoms. The summed E-state index contributed by atoms with van der Waals surface area (Å²) in [6, 6.07) is 5.91. The van der Waals surface area contributed by atoms with Crippen molar-refractivity contribution in [2.24, 2.45) is 16.8 Å². The van der Waals surface area contributed by atoms with Crippen molar-refractivity contribution in [2.75, 3.05) is 13.1 Å². The van der Waals surface area contributed by atoms with Crippen molar-refractivity contribution in [2.45, 2.75) is 52.5 Å². The Bertz CT molecular complexity index is 690. The molecule has 0 unspecified atom stereocenters. The van der Waals surface area contributed by atoms with E-state index in [-0.39, 0.29) is 24.0 Å². The molecule has 1 fully saturated rings. The fraction of sp³-hybridized carbons (Fsp3) is 0.632. The van der Waals surface area contributed by atoms with Crippen LogP contribution in [0.2, 0.25) is 0 Å². The molecule has 0 radical (unpaired) electrons. The van der Waals surface area contributed by atoms with Gasteiger partial charge in [0.1, 0.15) is 6.54 Å². The molecule has 2 aromatic rings. The number of aliphatic imine (C=N–C) groups is 1. The first kappa shape index (κ1) is 20.9. The number of halogens is 1. The summed E-state index contributed by atoms with van der Waals surface area (Å²) in [6.07, 6.45) is 8.73. The quantitative estimate of drug-likeness (QED) is 0.385. The Morgan fingerprint density at radius 2 is 1.88 bits per heavy atom. The molecule has 0 aromatic carbocycles. The average Bonchev–Trinajstić information content (AvgIpc) is 3.07. The molecule has 6 nitrogen and oxygen atoms in total. The summed E-state index contributed by atoms with van der Waals surface area (Å²) >= 11 is 0. The van der Waals surface area contributed by atoms with E-state index in [0.29, 0.717) is 6.54 Å². The van der Waals surface area contributed by atoms with Crippen LogP contribution in [-0.2, 0) is 6.54 Å². The first-order valence-electron chi connectivity index (χ1n) is 9.61. The summed E-state index contributed by atoms with van der Waals surface area (Å²) in [5.74, 6) is 3.43. The van der Waals surface area contributed by atoms with Gasteiger partial charge in [-0.2, -0.15) is 0 Å². The molecular formula is C19H31IN6. The lowest BCUT2D eigenvalue weighted by Crippen LogP contribution is -2.40. The number of nitrogens with zero attached hydrogens (tertiary/aromatic N) is 4. The summed E-state index contributed by atoms with van der Waals surface area (Å²) in [5.41, 5.74) is 0.860. The zero-order valence-electron chi connectivity index (χ0n) is 15.8. The molecule has 0 amide bonds. The van der Waals surface area contributed by atoms with Gasteiger partial charge in [0.05, 0.1) is 0 Å². The van der Waals surface area contributed by atoms with Crippen LogP contribution in [0.3, 0.4) is 0 Å². The minimum Gasteiger partial charge on any atom is -0.357 e. The van der Waals surface area contributed by atoms with Gasteiger partial charge in [0.2, 0.25) is 0 Å². The fourth-order valence-corrected chi connectivity index (χ4v) is 3.58. The van der Waals surface area contributed by atoms with Gasteiger partial charge in [0.25, 0.3) is 0 Å². The van der Waals surface area contributed by atoms with Crippen molar-refractivity contribution in [1.82, 2.24) is 25.2 Å². The molecule has 26 heavy (non-hydrogen) atoms. The summed E-state index contributed by atoms with van der Waals surface area (Å²) in [6.45, 7) is 6.78. The molecule has 144 valence electrons. The van der Waals surface area contributed by atoms with Crippen molar-refractivity contribution in [3.8, 4) is 0 Å². The van der Waals surface area contributed by atoms with E-state index in [4.69, 9.17) is 4.99 Å². The molecule has 2 N–H and O–H groups in total. The number of rotatable bonds is 6. The van der Waals surface area contributed by atoms with Crippen LogP contribution in [-0.4, -0.2) is 33.6 Å². The van der Waals surface area contributed by atoms with Crippen LogP contribution in [0, 0.1) is 11.8 Å². The van der Waals surface area contributed by atoms with Gasteiger partial charge in [-0.15, -0.1) is 34.2 Å². The van der Waals surface area contributed by atoms with Crippen molar-refractivity contribution < 1.29 is 0 Å². The third-order valence-corrected chi connectivity index (χ3v) is 5.21. The topological polar surface area (TPSA) is 66.6 Å². The number of fused-ring (bicyclic) bond motifs is 1. The highest BCUT2D eigenvalue weighted by Crippen LogP contribution is 2.30. The standard InChI is InChI=1S/C19H30N6.HI/c1-3-15-8-10-16(11-9-15)13-21-19(20-4-2)22-14-18-24-23-17-7-5-6-12-25(17)18;/h5-7,12,15-16H,3-4,8-11,13-14H2,1-2H3,(H2,20,21,22);1H. The Kier molecular flexibility index (Phi) is 8.61. The van der Waals surface area contributed by atoms with Gasteiger partial charge in [-0.25, -0.2) is 4.99 Å². The van der Waals surface area contributed by atoms with E-state index >= 15 is 0 Å². The lowest BCUT2D eigenvalue weighted by Gasteiger charge is -2.28. The maximum Gasteiger partial charge on any atom is 0.191 e. The third kappa shape index (κ3) is 5.56. The van der Waals surface area contributed by atoms with E-state index in [0.717, 1.165) is 42.4 Å². The van der Waals surface area contributed by atoms with Crippen molar-refractivity contribution in [1.29, 1.82) is 0 Å². The Morgan fingerprint density at radius 3 is 2.62 bits per heavy atom. The van der Waals surface area contributed by atoms with Gasteiger partial charge in [-0.1, -0.05) is 32.3 Å². The highest BCUT2D eigenvalue weighted by atomic mass is 127. The Morgan fingerprint density at radius 1 is 1.12 bits per heavy atom. The SMILES string of the molecule is CCNC(=NCc1nnc2ccccn12)NCC1CCC(CC)CC1.I. The first-order chi connectivity index (χ1) is 12.3. The third-order valence-electron chi connectivity index (χ3n) is 5.21. The van der Waals surface area contributed by atoms with Crippen LogP contribution in [0.4, 0.5) is 0 Å². The number of aromatic nitrogens is 3. The summed E-state index contributed by atoms with van der Waals surface area (Å²) in [5, 5.41) is 15.3. The lowest BCUT2D eigenvalue weighted by molar-refractivity contribution is 0.269. The van der Waals surface area contributed by atoms with Gasteiger partial charge in [0, 0.05) is 19.3 Å². The minimum absolute atomic E-state index is 0. The maximum atomic E-state index is 4.69. The predicted octanol–water partition coefficient (Wildman–Crippen LogP) is 3.62. The number of guanidine groups is 1. The first-order valence-corrected chi connectivity index (χ1v) is 9.61. The van der Waals surface area contributed by atoms with E-state index in [9.17, 15) is 0 Å². The molecule has 1 aliphatic carbocycles. The number of hydrogen-bond donors (Lipinski definition) is 2. The van der Waals surface area contributed by atoms with Crippen LogP contribution in [0.5, 0.6) is 0 Å². The summed E-state index contributed by atoms with van der Waals surface area (Å²) < 4.78 is 1.99. The number of hydrogen-bond acceptors (Lipinski definition) is 3. The van der Waals surface area contributed by atoms with Crippen molar-refractivity contribution >= 4 is 35.6 Å². The molecule has 0 atom stereocenters. The molecule has 7 heteroatoms. The Hall–Kier alpha value is -1.38. The van der Waals surface area contributed by atoms with Crippen LogP contribution in [0.15, 0.2) is 29.4 Å². The number of pyridine rings is 1. The van der Waals surface area contributed by atoms with Crippen LogP contribution < -0.4 is 10.6 Å². The second-order valence-corrected chi connectivity index (χ2v) is 6.92. The molecule has 0 bridgehead atoms. The van der Waals surface area contributed by atoms with Crippen LogP contribution in [0.1, 0.15) is 51.8 Å². The summed E-state index contributed by atoms with van der Waals surface area (Å²) in [4.78, 5) is 4.69. The van der Waals surface area contributed by atoms with E-state index in [1.165, 1.54) is 32.1 Å². The van der Waals surface area contributed by atoms with Gasteiger partial charge >= 0.3 is 0 Å². The summed E-state index contributed by atoms with van der Waals surface area (Å²) in [7, 11) is 0. The van der Waals surface area contributed by atoms with Gasteiger partial charge < -0.3 is 10.6 Å².